The molecule has 20 heavy (non-hydrogen) atoms. The lowest BCUT2D eigenvalue weighted by atomic mass is 10.1. The largest absolute Gasteiger partial charge is 0.478 e. The Morgan fingerprint density at radius 2 is 2.00 bits per heavy atom. The summed E-state index contributed by atoms with van der Waals surface area (Å²) >= 11 is 1.23. The van der Waals surface area contributed by atoms with Gasteiger partial charge in [-0.1, -0.05) is 6.92 Å². The van der Waals surface area contributed by atoms with Gasteiger partial charge in [0.15, 0.2) is 0 Å². The van der Waals surface area contributed by atoms with E-state index in [2.05, 4.69) is 10.6 Å². The Morgan fingerprint density at radius 1 is 1.35 bits per heavy atom. The summed E-state index contributed by atoms with van der Waals surface area (Å²) < 4.78 is 11.2. The fourth-order valence-corrected chi connectivity index (χ4v) is 3.21. The van der Waals surface area contributed by atoms with E-state index < -0.39 is 22.8 Å². The molecule has 0 bridgehead atoms. The van der Waals surface area contributed by atoms with Crippen molar-refractivity contribution in [2.24, 2.45) is 0 Å². The zero-order valence-corrected chi connectivity index (χ0v) is 13.2. The van der Waals surface area contributed by atoms with E-state index in [9.17, 15) is 13.8 Å². The third-order valence-corrected chi connectivity index (χ3v) is 5.19. The quantitative estimate of drug-likeness (QED) is 0.747. The average Bonchev–Trinajstić information content (AvgIpc) is 2.64. The number of nitrogens with one attached hydrogen (secondary N) is 2. The number of amides is 2. The number of carboxylic acids is 1. The molecule has 0 fully saturated rings. The molecule has 1 unspecified atom stereocenters. The first kappa shape index (κ1) is 16.6. The number of carbonyl (C=O) groups is 2. The topological polar surface area (TPSA) is 95.5 Å². The maximum absolute atomic E-state index is 11.7. The normalized spacial score (nSPS) is 11.9. The van der Waals surface area contributed by atoms with Gasteiger partial charge in [-0.3, -0.25) is 9.53 Å². The Morgan fingerprint density at radius 3 is 2.55 bits per heavy atom. The highest BCUT2D eigenvalue weighted by Crippen LogP contribution is 2.32. The van der Waals surface area contributed by atoms with E-state index >= 15 is 0 Å². The van der Waals surface area contributed by atoms with Gasteiger partial charge < -0.3 is 10.4 Å². The molecule has 1 atom stereocenters. The maximum Gasteiger partial charge on any atom is 0.338 e. The van der Waals surface area contributed by atoms with Crippen LogP contribution < -0.4 is 10.6 Å². The van der Waals surface area contributed by atoms with E-state index in [1.54, 1.807) is 13.8 Å². The zero-order valence-electron chi connectivity index (χ0n) is 11.6. The molecule has 0 saturated heterocycles. The lowest BCUT2D eigenvalue weighted by molar-refractivity contribution is 0.0697. The average molecular weight is 318 g/mol. The van der Waals surface area contributed by atoms with E-state index in [1.807, 2.05) is 6.92 Å². The van der Waals surface area contributed by atoms with Gasteiger partial charge in [0, 0.05) is 33.7 Å². The molecule has 0 spiro atoms. The summed E-state index contributed by atoms with van der Waals surface area (Å²) in [6.45, 7) is 5.62. The summed E-state index contributed by atoms with van der Waals surface area (Å²) in [5.74, 6) is -0.122. The van der Waals surface area contributed by atoms with Crippen molar-refractivity contribution in [3.8, 4) is 0 Å². The molecule has 0 radical (unpaired) electrons. The van der Waals surface area contributed by atoms with Crippen LogP contribution in [-0.2, 0) is 10.8 Å². The monoisotopic (exact) mass is 318 g/mol. The Kier molecular flexibility index (Phi) is 6.15. The third-order valence-electron chi connectivity index (χ3n) is 2.76. The Labute approximate surface area is 124 Å². The summed E-state index contributed by atoms with van der Waals surface area (Å²) in [5, 5.41) is 14.6. The van der Waals surface area contributed by atoms with Gasteiger partial charge in [-0.2, -0.15) is 0 Å². The van der Waals surface area contributed by atoms with Crippen molar-refractivity contribution in [1.29, 1.82) is 0 Å². The molecule has 1 rings (SSSR count). The Hall–Kier alpha value is -1.41. The summed E-state index contributed by atoms with van der Waals surface area (Å²) in [5.41, 5.74) is 0.782. The Bertz CT molecular complexity index is 540. The molecule has 6 nitrogen and oxygen atoms in total. The number of rotatable bonds is 6. The van der Waals surface area contributed by atoms with E-state index in [0.29, 0.717) is 22.1 Å². The fourth-order valence-electron chi connectivity index (χ4n) is 1.54. The minimum absolute atomic E-state index is 0.125. The van der Waals surface area contributed by atoms with Crippen LogP contribution in [0.2, 0.25) is 0 Å². The van der Waals surface area contributed by atoms with Crippen LogP contribution in [0.25, 0.3) is 0 Å². The van der Waals surface area contributed by atoms with Crippen molar-refractivity contribution in [2.75, 3.05) is 23.4 Å². The number of urea groups is 1. The number of carboxylic acid groups (broad SMARTS) is 1. The summed E-state index contributed by atoms with van der Waals surface area (Å²) in [6, 6.07) is -0.484. The van der Waals surface area contributed by atoms with Crippen LogP contribution in [0.15, 0.2) is 0 Å². The van der Waals surface area contributed by atoms with Crippen LogP contribution in [0.5, 0.6) is 0 Å². The molecule has 0 aliphatic heterocycles. The van der Waals surface area contributed by atoms with Crippen molar-refractivity contribution >= 4 is 39.1 Å². The molecule has 1 aromatic rings. The maximum atomic E-state index is 11.7. The summed E-state index contributed by atoms with van der Waals surface area (Å²) in [4.78, 5) is 23.7. The molecule has 1 heterocycles. The standard InChI is InChI=1S/C12H18N2O4S2/c1-4-20(18)6-5-13-12(17)14-10-9(11(15)16)7(2)8(3)19-10/h4-6H2,1-3H3,(H,15,16)(H2,13,14,17). The molecule has 2 amide bonds. The molecule has 0 saturated carbocycles. The molecule has 3 N–H and O–H groups in total. The minimum Gasteiger partial charge on any atom is -0.478 e. The highest BCUT2D eigenvalue weighted by molar-refractivity contribution is 7.84. The predicted octanol–water partition coefficient (Wildman–Crippen LogP) is 1.95. The van der Waals surface area contributed by atoms with Crippen LogP contribution in [-0.4, -0.2) is 39.4 Å². The number of thiophene rings is 1. The highest BCUT2D eigenvalue weighted by atomic mass is 32.2. The first-order valence-corrected chi connectivity index (χ1v) is 8.40. The second kappa shape index (κ2) is 7.39. The second-order valence-corrected chi connectivity index (χ2v) is 7.20. The molecule has 8 heteroatoms. The van der Waals surface area contributed by atoms with Crippen molar-refractivity contribution in [1.82, 2.24) is 5.32 Å². The molecule has 0 aromatic carbocycles. The number of hydrogen-bond donors (Lipinski definition) is 3. The molecule has 112 valence electrons. The molecular formula is C12H18N2O4S2. The van der Waals surface area contributed by atoms with Crippen LogP contribution in [0.1, 0.15) is 27.7 Å². The lowest BCUT2D eigenvalue weighted by Crippen LogP contribution is -2.32. The molecular weight excluding hydrogens is 300 g/mol. The number of aryl methyl sites for hydroxylation is 1. The first-order valence-electron chi connectivity index (χ1n) is 6.09. The van der Waals surface area contributed by atoms with Crippen LogP contribution >= 0.6 is 11.3 Å². The number of carbonyl (C=O) groups excluding carboxylic acids is 1. The fraction of sp³-hybridized carbons (Fsp3) is 0.500. The van der Waals surface area contributed by atoms with E-state index in [0.717, 1.165) is 4.88 Å². The summed E-state index contributed by atoms with van der Waals surface area (Å²) in [7, 11) is -0.935. The van der Waals surface area contributed by atoms with E-state index in [4.69, 9.17) is 5.11 Å². The Balaban J connectivity index is 2.65. The van der Waals surface area contributed by atoms with Crippen molar-refractivity contribution < 1.29 is 18.9 Å². The zero-order chi connectivity index (χ0) is 15.3. The van der Waals surface area contributed by atoms with Gasteiger partial charge in [0.1, 0.15) is 5.00 Å². The van der Waals surface area contributed by atoms with Crippen LogP contribution in [0.3, 0.4) is 0 Å². The highest BCUT2D eigenvalue weighted by Gasteiger charge is 2.20. The van der Waals surface area contributed by atoms with E-state index in [-0.39, 0.29) is 12.1 Å². The lowest BCUT2D eigenvalue weighted by Gasteiger charge is -2.06. The van der Waals surface area contributed by atoms with Crippen molar-refractivity contribution in [3.63, 3.8) is 0 Å². The SMILES string of the molecule is CCS(=O)CCNC(=O)Nc1sc(C)c(C)c1C(=O)O. The molecule has 0 aliphatic rings. The van der Waals surface area contributed by atoms with Crippen molar-refractivity contribution in [3.05, 3.63) is 16.0 Å². The van der Waals surface area contributed by atoms with Gasteiger partial charge >= 0.3 is 12.0 Å². The van der Waals surface area contributed by atoms with Crippen molar-refractivity contribution in [2.45, 2.75) is 20.8 Å². The molecule has 0 aliphatic carbocycles. The van der Waals surface area contributed by atoms with E-state index in [1.165, 1.54) is 11.3 Å². The van der Waals surface area contributed by atoms with Gasteiger partial charge in [0.05, 0.1) is 5.56 Å². The van der Waals surface area contributed by atoms with Crippen LogP contribution in [0.4, 0.5) is 9.80 Å². The first-order chi connectivity index (χ1) is 9.36. The van der Waals surface area contributed by atoms with Gasteiger partial charge in [0.25, 0.3) is 0 Å². The minimum atomic E-state index is -1.06. The number of aromatic carboxylic acids is 1. The van der Waals surface area contributed by atoms with Gasteiger partial charge in [-0.15, -0.1) is 11.3 Å². The summed E-state index contributed by atoms with van der Waals surface area (Å²) in [6.07, 6.45) is 0. The predicted molar refractivity (Wildman–Crippen MR) is 81.3 cm³/mol. The van der Waals surface area contributed by atoms with Crippen LogP contribution in [0, 0.1) is 13.8 Å². The number of hydrogen-bond acceptors (Lipinski definition) is 4. The number of anilines is 1. The van der Waals surface area contributed by atoms with Gasteiger partial charge in [-0.05, 0) is 19.4 Å². The van der Waals surface area contributed by atoms with Gasteiger partial charge in [0.2, 0.25) is 0 Å². The second-order valence-electron chi connectivity index (χ2n) is 4.11. The van der Waals surface area contributed by atoms with Gasteiger partial charge in [-0.25, -0.2) is 9.59 Å². The molecule has 1 aromatic heterocycles. The smallest absolute Gasteiger partial charge is 0.338 e. The third kappa shape index (κ3) is 4.31.